The van der Waals surface area contributed by atoms with Gasteiger partial charge in [-0.3, -0.25) is 4.98 Å². The van der Waals surface area contributed by atoms with E-state index in [1.54, 1.807) is 0 Å². The molecule has 0 atom stereocenters. The lowest BCUT2D eigenvalue weighted by atomic mass is 9.93. The highest BCUT2D eigenvalue weighted by Crippen LogP contribution is 2.26. The molecular weight excluding hydrogens is 184 g/mol. The van der Waals surface area contributed by atoms with Crippen molar-refractivity contribution in [1.29, 1.82) is 0 Å². The molecule has 1 radical (unpaired) electrons. The fourth-order valence-electron chi connectivity index (χ4n) is 2.29. The number of likely N-dealkylation sites (tertiary alicyclic amines) is 1. The molecule has 0 unspecified atom stereocenters. The van der Waals surface area contributed by atoms with Gasteiger partial charge in [-0.1, -0.05) is 13.0 Å². The first-order valence-electron chi connectivity index (χ1n) is 5.82. The summed E-state index contributed by atoms with van der Waals surface area (Å²) in [6.07, 6.45) is 5.42. The maximum absolute atomic E-state index is 4.44. The molecule has 2 rings (SSSR count). The summed E-state index contributed by atoms with van der Waals surface area (Å²) in [6.45, 7) is 7.46. The average Bonchev–Trinajstić information content (AvgIpc) is 2.32. The Bertz CT molecular complexity index is 276. The van der Waals surface area contributed by atoms with Gasteiger partial charge < -0.3 is 4.90 Å². The third-order valence-electron chi connectivity index (χ3n) is 3.17. The fourth-order valence-corrected chi connectivity index (χ4v) is 2.29. The van der Waals surface area contributed by atoms with Crippen molar-refractivity contribution in [3.63, 3.8) is 0 Å². The Morgan fingerprint density at radius 2 is 2.13 bits per heavy atom. The lowest BCUT2D eigenvalue weighted by Gasteiger charge is -2.31. The summed E-state index contributed by atoms with van der Waals surface area (Å²) in [4.78, 5) is 6.95. The van der Waals surface area contributed by atoms with Crippen molar-refractivity contribution in [2.45, 2.75) is 25.2 Å². The van der Waals surface area contributed by atoms with Gasteiger partial charge in [-0.2, -0.15) is 0 Å². The second kappa shape index (κ2) is 5.26. The normalized spacial score (nSPS) is 19.3. The Hall–Kier alpha value is -0.890. The van der Waals surface area contributed by atoms with Crippen LogP contribution in [-0.4, -0.2) is 29.5 Å². The summed E-state index contributed by atoms with van der Waals surface area (Å²) in [5.41, 5.74) is 1.27. The van der Waals surface area contributed by atoms with Crippen molar-refractivity contribution in [1.82, 2.24) is 9.88 Å². The average molecular weight is 203 g/mol. The zero-order valence-corrected chi connectivity index (χ0v) is 9.23. The van der Waals surface area contributed by atoms with E-state index in [1.165, 1.54) is 31.6 Å². The van der Waals surface area contributed by atoms with E-state index in [0.717, 1.165) is 13.0 Å². The van der Waals surface area contributed by atoms with Gasteiger partial charge in [0.2, 0.25) is 0 Å². The molecule has 0 amide bonds. The van der Waals surface area contributed by atoms with Gasteiger partial charge in [-0.05, 0) is 51.0 Å². The Labute approximate surface area is 92.3 Å². The van der Waals surface area contributed by atoms with Gasteiger partial charge in [0.05, 0.1) is 0 Å². The zero-order chi connectivity index (χ0) is 10.5. The predicted molar refractivity (Wildman–Crippen MR) is 62.6 cm³/mol. The van der Waals surface area contributed by atoms with Crippen LogP contribution in [0.25, 0.3) is 0 Å². The van der Waals surface area contributed by atoms with Crippen LogP contribution >= 0.6 is 0 Å². The minimum absolute atomic E-state index is 0.673. The van der Waals surface area contributed by atoms with Crippen LogP contribution in [0.5, 0.6) is 0 Å². The number of nitrogens with zero attached hydrogens (tertiary/aromatic N) is 2. The second-order valence-corrected chi connectivity index (χ2v) is 4.22. The first-order chi connectivity index (χ1) is 7.40. The van der Waals surface area contributed by atoms with Crippen molar-refractivity contribution in [3.05, 3.63) is 37.0 Å². The van der Waals surface area contributed by atoms with Crippen LogP contribution in [-0.2, 0) is 0 Å². The molecule has 15 heavy (non-hydrogen) atoms. The third kappa shape index (κ3) is 2.78. The molecule has 1 aliphatic rings. The molecule has 1 aliphatic heterocycles. The lowest BCUT2D eigenvalue weighted by Crippen LogP contribution is -2.33. The smallest absolute Gasteiger partial charge is 0.0435 e. The van der Waals surface area contributed by atoms with Gasteiger partial charge in [0.25, 0.3) is 0 Å². The maximum atomic E-state index is 4.44. The summed E-state index contributed by atoms with van der Waals surface area (Å²) in [5, 5.41) is 0. The van der Waals surface area contributed by atoms with E-state index in [-0.39, 0.29) is 0 Å². The number of hydrogen-bond acceptors (Lipinski definition) is 2. The molecule has 1 saturated heterocycles. The summed E-state index contributed by atoms with van der Waals surface area (Å²) in [7, 11) is 0. The van der Waals surface area contributed by atoms with Crippen LogP contribution in [0.4, 0.5) is 0 Å². The highest BCUT2D eigenvalue weighted by molar-refractivity contribution is 5.10. The van der Waals surface area contributed by atoms with E-state index in [2.05, 4.69) is 28.9 Å². The van der Waals surface area contributed by atoms with E-state index >= 15 is 0 Å². The minimum Gasteiger partial charge on any atom is -0.303 e. The second-order valence-electron chi connectivity index (χ2n) is 4.22. The molecule has 0 saturated carbocycles. The Morgan fingerprint density at radius 3 is 2.73 bits per heavy atom. The Balaban J connectivity index is 1.88. The standard InChI is InChI=1S/C13H19N2/c1-2-9-15-10-6-12(7-11-15)13-5-3-4-8-14-13/h3-5,8,12H,1-2,6-7,9-11H2. The van der Waals surface area contributed by atoms with Crippen LogP contribution < -0.4 is 0 Å². The molecule has 2 heteroatoms. The van der Waals surface area contributed by atoms with Gasteiger partial charge in [-0.15, -0.1) is 0 Å². The van der Waals surface area contributed by atoms with E-state index in [4.69, 9.17) is 0 Å². The number of rotatable bonds is 3. The van der Waals surface area contributed by atoms with Gasteiger partial charge in [0.15, 0.2) is 0 Å². The molecule has 0 spiro atoms. The van der Waals surface area contributed by atoms with E-state index < -0.39 is 0 Å². The molecule has 1 aromatic rings. The molecule has 1 aromatic heterocycles. The quantitative estimate of drug-likeness (QED) is 0.750. The van der Waals surface area contributed by atoms with Crippen molar-refractivity contribution in [2.75, 3.05) is 19.6 Å². The predicted octanol–water partition coefficient (Wildman–Crippen LogP) is 2.49. The first-order valence-corrected chi connectivity index (χ1v) is 5.82. The van der Waals surface area contributed by atoms with Crippen LogP contribution in [0.2, 0.25) is 0 Å². The van der Waals surface area contributed by atoms with Gasteiger partial charge in [-0.25, -0.2) is 0 Å². The van der Waals surface area contributed by atoms with E-state index in [9.17, 15) is 0 Å². The molecular formula is C13H19N2. The van der Waals surface area contributed by atoms with Gasteiger partial charge in [0, 0.05) is 17.8 Å². The highest BCUT2D eigenvalue weighted by Gasteiger charge is 2.20. The van der Waals surface area contributed by atoms with Crippen LogP contribution in [0.15, 0.2) is 24.4 Å². The molecule has 2 nitrogen and oxygen atoms in total. The highest BCUT2D eigenvalue weighted by atomic mass is 15.1. The number of piperidine rings is 1. The molecule has 0 bridgehead atoms. The van der Waals surface area contributed by atoms with Gasteiger partial charge >= 0.3 is 0 Å². The molecule has 0 N–H and O–H groups in total. The zero-order valence-electron chi connectivity index (χ0n) is 9.23. The minimum atomic E-state index is 0.673. The summed E-state index contributed by atoms with van der Waals surface area (Å²) >= 11 is 0. The SMILES string of the molecule is [CH2]CCN1CCC(c2ccccn2)CC1. The molecule has 0 aliphatic carbocycles. The van der Waals surface area contributed by atoms with Crippen molar-refractivity contribution >= 4 is 0 Å². The number of hydrogen-bond donors (Lipinski definition) is 0. The monoisotopic (exact) mass is 203 g/mol. The number of pyridine rings is 1. The van der Waals surface area contributed by atoms with Gasteiger partial charge in [0.1, 0.15) is 0 Å². The maximum Gasteiger partial charge on any atom is 0.0435 e. The van der Waals surface area contributed by atoms with Crippen molar-refractivity contribution in [3.8, 4) is 0 Å². The van der Waals surface area contributed by atoms with E-state index in [0.29, 0.717) is 5.92 Å². The molecule has 2 heterocycles. The Morgan fingerprint density at radius 1 is 1.33 bits per heavy atom. The summed E-state index contributed by atoms with van der Waals surface area (Å²) < 4.78 is 0. The van der Waals surface area contributed by atoms with Crippen LogP contribution in [0, 0.1) is 6.92 Å². The molecule has 1 fully saturated rings. The first kappa shape index (κ1) is 10.6. The third-order valence-corrected chi connectivity index (χ3v) is 3.17. The summed E-state index contributed by atoms with van der Waals surface area (Å²) in [5.74, 6) is 0.673. The molecule has 81 valence electrons. The van der Waals surface area contributed by atoms with Crippen molar-refractivity contribution < 1.29 is 0 Å². The van der Waals surface area contributed by atoms with Crippen molar-refractivity contribution in [2.24, 2.45) is 0 Å². The van der Waals surface area contributed by atoms with Crippen LogP contribution in [0.3, 0.4) is 0 Å². The largest absolute Gasteiger partial charge is 0.303 e. The van der Waals surface area contributed by atoms with Crippen LogP contribution in [0.1, 0.15) is 30.9 Å². The van der Waals surface area contributed by atoms with E-state index in [1.807, 2.05) is 12.3 Å². The molecule has 0 aromatic carbocycles. The number of aromatic nitrogens is 1. The summed E-state index contributed by atoms with van der Waals surface area (Å²) in [6, 6.07) is 6.23. The topological polar surface area (TPSA) is 16.1 Å². The Kier molecular flexibility index (Phi) is 3.73. The lowest BCUT2D eigenvalue weighted by molar-refractivity contribution is 0.214. The fraction of sp³-hybridized carbons (Fsp3) is 0.538.